The van der Waals surface area contributed by atoms with Gasteiger partial charge in [0.25, 0.3) is 0 Å². The summed E-state index contributed by atoms with van der Waals surface area (Å²) in [6.45, 7) is 5.85. The Balaban J connectivity index is 1.88. The fourth-order valence-corrected chi connectivity index (χ4v) is 2.23. The highest BCUT2D eigenvalue weighted by molar-refractivity contribution is 5.49. The molecule has 0 amide bonds. The van der Waals surface area contributed by atoms with Crippen molar-refractivity contribution in [3.63, 3.8) is 0 Å². The number of rotatable bonds is 5. The van der Waals surface area contributed by atoms with Crippen LogP contribution in [0.15, 0.2) is 30.9 Å². The van der Waals surface area contributed by atoms with Crippen molar-refractivity contribution >= 4 is 11.5 Å². The molecular formula is C14H18N6. The molecule has 20 heavy (non-hydrogen) atoms. The molecule has 0 aliphatic heterocycles. The Morgan fingerprint density at radius 3 is 3.00 bits per heavy atom. The normalized spacial score (nSPS) is 11.1. The Morgan fingerprint density at radius 2 is 2.20 bits per heavy atom. The maximum absolute atomic E-state index is 4.54. The fourth-order valence-electron chi connectivity index (χ4n) is 2.23. The molecule has 0 fully saturated rings. The minimum Gasteiger partial charge on any atom is -0.364 e. The number of imidazole rings is 1. The molecule has 6 nitrogen and oxygen atoms in total. The van der Waals surface area contributed by atoms with Gasteiger partial charge in [-0.3, -0.25) is 0 Å². The maximum atomic E-state index is 4.54. The fraction of sp³-hybridized carbons (Fsp3) is 0.357. The SMILES string of the molecule is CCc1cc(NCc2cncn2CC)n2nccc2n1. The molecule has 3 aromatic rings. The van der Waals surface area contributed by atoms with E-state index < -0.39 is 0 Å². The first-order valence-electron chi connectivity index (χ1n) is 6.88. The second kappa shape index (κ2) is 5.32. The van der Waals surface area contributed by atoms with E-state index in [9.17, 15) is 0 Å². The summed E-state index contributed by atoms with van der Waals surface area (Å²) >= 11 is 0. The van der Waals surface area contributed by atoms with Crippen LogP contribution in [0.3, 0.4) is 0 Å². The highest BCUT2D eigenvalue weighted by atomic mass is 15.3. The van der Waals surface area contributed by atoms with Gasteiger partial charge in [0.1, 0.15) is 5.82 Å². The molecule has 0 unspecified atom stereocenters. The molecule has 6 heteroatoms. The molecule has 3 aromatic heterocycles. The maximum Gasteiger partial charge on any atom is 0.157 e. The Labute approximate surface area is 117 Å². The van der Waals surface area contributed by atoms with Gasteiger partial charge in [0.05, 0.1) is 24.8 Å². The van der Waals surface area contributed by atoms with Crippen molar-refractivity contribution in [1.29, 1.82) is 0 Å². The van der Waals surface area contributed by atoms with Gasteiger partial charge in [0.15, 0.2) is 5.65 Å². The van der Waals surface area contributed by atoms with Crippen LogP contribution in [0.1, 0.15) is 25.2 Å². The van der Waals surface area contributed by atoms with E-state index in [0.717, 1.165) is 42.4 Å². The molecule has 0 aliphatic carbocycles. The minimum atomic E-state index is 0.718. The first-order valence-corrected chi connectivity index (χ1v) is 6.88. The first-order chi connectivity index (χ1) is 9.81. The Morgan fingerprint density at radius 1 is 1.30 bits per heavy atom. The third-order valence-electron chi connectivity index (χ3n) is 3.36. The van der Waals surface area contributed by atoms with Crippen LogP contribution in [-0.2, 0) is 19.5 Å². The Kier molecular flexibility index (Phi) is 3.37. The highest BCUT2D eigenvalue weighted by Gasteiger charge is 2.06. The second-order valence-corrected chi connectivity index (χ2v) is 4.61. The van der Waals surface area contributed by atoms with Crippen LogP contribution < -0.4 is 5.32 Å². The predicted octanol–water partition coefficient (Wildman–Crippen LogP) is 2.12. The minimum absolute atomic E-state index is 0.718. The molecule has 0 atom stereocenters. The number of hydrogen-bond acceptors (Lipinski definition) is 4. The molecule has 104 valence electrons. The van der Waals surface area contributed by atoms with Gasteiger partial charge >= 0.3 is 0 Å². The van der Waals surface area contributed by atoms with Crippen molar-refractivity contribution in [1.82, 2.24) is 24.1 Å². The van der Waals surface area contributed by atoms with Crippen molar-refractivity contribution < 1.29 is 0 Å². The average Bonchev–Trinajstić information content (AvgIpc) is 3.12. The number of hydrogen-bond donors (Lipinski definition) is 1. The lowest BCUT2D eigenvalue weighted by molar-refractivity contribution is 0.717. The molecule has 0 aromatic carbocycles. The van der Waals surface area contributed by atoms with Crippen LogP contribution in [0.4, 0.5) is 5.82 Å². The number of nitrogens with one attached hydrogen (secondary N) is 1. The molecule has 0 bridgehead atoms. The molecule has 0 saturated carbocycles. The predicted molar refractivity (Wildman–Crippen MR) is 77.6 cm³/mol. The molecule has 1 N–H and O–H groups in total. The zero-order chi connectivity index (χ0) is 13.9. The van der Waals surface area contributed by atoms with Crippen LogP contribution in [0, 0.1) is 0 Å². The monoisotopic (exact) mass is 270 g/mol. The molecule has 0 aliphatic rings. The topological polar surface area (TPSA) is 60.0 Å². The number of nitrogens with zero attached hydrogens (tertiary/aromatic N) is 5. The third kappa shape index (κ3) is 2.24. The van der Waals surface area contributed by atoms with Gasteiger partial charge < -0.3 is 9.88 Å². The van der Waals surface area contributed by atoms with Crippen molar-refractivity contribution in [2.75, 3.05) is 5.32 Å². The number of fused-ring (bicyclic) bond motifs is 1. The van der Waals surface area contributed by atoms with Gasteiger partial charge in [-0.2, -0.15) is 9.61 Å². The number of aromatic nitrogens is 5. The van der Waals surface area contributed by atoms with E-state index >= 15 is 0 Å². The van der Waals surface area contributed by atoms with Gasteiger partial charge in [0, 0.05) is 30.6 Å². The third-order valence-corrected chi connectivity index (χ3v) is 3.36. The summed E-state index contributed by atoms with van der Waals surface area (Å²) in [6.07, 6.45) is 6.41. The highest BCUT2D eigenvalue weighted by Crippen LogP contribution is 2.14. The molecule has 3 heterocycles. The van der Waals surface area contributed by atoms with Crippen molar-refractivity contribution in [2.24, 2.45) is 0 Å². The Hall–Kier alpha value is -2.37. The zero-order valence-corrected chi connectivity index (χ0v) is 11.7. The summed E-state index contributed by atoms with van der Waals surface area (Å²) in [5.41, 5.74) is 3.09. The van der Waals surface area contributed by atoms with Gasteiger partial charge in [-0.25, -0.2) is 9.97 Å². The van der Waals surface area contributed by atoms with Gasteiger partial charge in [-0.05, 0) is 13.3 Å². The van der Waals surface area contributed by atoms with E-state index in [2.05, 4.69) is 38.8 Å². The van der Waals surface area contributed by atoms with Crippen LogP contribution in [0.2, 0.25) is 0 Å². The lowest BCUT2D eigenvalue weighted by Gasteiger charge is -2.11. The van der Waals surface area contributed by atoms with Crippen LogP contribution in [0.25, 0.3) is 5.65 Å². The van der Waals surface area contributed by atoms with Crippen molar-refractivity contribution in [3.05, 3.63) is 42.2 Å². The van der Waals surface area contributed by atoms with E-state index in [4.69, 9.17) is 0 Å². The van der Waals surface area contributed by atoms with E-state index in [1.165, 1.54) is 0 Å². The van der Waals surface area contributed by atoms with E-state index in [-0.39, 0.29) is 0 Å². The largest absolute Gasteiger partial charge is 0.364 e. The quantitative estimate of drug-likeness (QED) is 0.771. The van der Waals surface area contributed by atoms with Gasteiger partial charge in [0.2, 0.25) is 0 Å². The second-order valence-electron chi connectivity index (χ2n) is 4.61. The molecule has 0 saturated heterocycles. The Bertz CT molecular complexity index is 711. The smallest absolute Gasteiger partial charge is 0.157 e. The van der Waals surface area contributed by atoms with Gasteiger partial charge in [-0.1, -0.05) is 6.92 Å². The summed E-state index contributed by atoms with van der Waals surface area (Å²) in [4.78, 5) is 8.72. The lowest BCUT2D eigenvalue weighted by atomic mass is 10.3. The average molecular weight is 270 g/mol. The zero-order valence-electron chi connectivity index (χ0n) is 11.7. The van der Waals surface area contributed by atoms with Crippen LogP contribution in [0.5, 0.6) is 0 Å². The van der Waals surface area contributed by atoms with E-state index in [1.54, 1.807) is 6.20 Å². The summed E-state index contributed by atoms with van der Waals surface area (Å²) < 4.78 is 3.95. The van der Waals surface area contributed by atoms with Crippen LogP contribution >= 0.6 is 0 Å². The lowest BCUT2D eigenvalue weighted by Crippen LogP contribution is -2.10. The molecular weight excluding hydrogens is 252 g/mol. The molecule has 3 rings (SSSR count). The standard InChI is InChI=1S/C14H18N6/c1-3-11-7-14(20-13(18-11)5-6-17-20)16-9-12-8-15-10-19(12)4-2/h5-8,10,16H,3-4,9H2,1-2H3. The molecule has 0 radical (unpaired) electrons. The number of anilines is 1. The summed E-state index contributed by atoms with van der Waals surface area (Å²) in [5.74, 6) is 0.959. The molecule has 0 spiro atoms. The number of aryl methyl sites for hydroxylation is 2. The summed E-state index contributed by atoms with van der Waals surface area (Å²) in [6, 6.07) is 3.97. The van der Waals surface area contributed by atoms with Gasteiger partial charge in [-0.15, -0.1) is 0 Å². The summed E-state index contributed by atoms with van der Waals surface area (Å²) in [5, 5.41) is 7.73. The van der Waals surface area contributed by atoms with Crippen molar-refractivity contribution in [2.45, 2.75) is 33.4 Å². The van der Waals surface area contributed by atoms with E-state index in [0.29, 0.717) is 0 Å². The van der Waals surface area contributed by atoms with Crippen LogP contribution in [-0.4, -0.2) is 24.1 Å². The first kappa shape index (κ1) is 12.7. The van der Waals surface area contributed by atoms with Crippen molar-refractivity contribution in [3.8, 4) is 0 Å². The van der Waals surface area contributed by atoms with E-state index in [1.807, 2.05) is 29.2 Å². The summed E-state index contributed by atoms with van der Waals surface area (Å²) in [7, 11) is 0.